The topological polar surface area (TPSA) is 66.5 Å². The molecule has 1 heterocycles. The Morgan fingerprint density at radius 1 is 0.966 bits per heavy atom. The Kier molecular flexibility index (Phi) is 7.45. The Labute approximate surface area is 174 Å². The van der Waals surface area contributed by atoms with E-state index in [1.165, 1.54) is 5.56 Å². The molecule has 1 amide bonds. The van der Waals surface area contributed by atoms with Gasteiger partial charge in [0.25, 0.3) is 0 Å². The molecule has 0 spiro atoms. The van der Waals surface area contributed by atoms with Crippen LogP contribution in [0.15, 0.2) is 59.5 Å². The summed E-state index contributed by atoms with van der Waals surface area (Å²) in [5, 5.41) is 3.05. The van der Waals surface area contributed by atoms with Gasteiger partial charge in [0, 0.05) is 25.6 Å². The third-order valence-electron chi connectivity index (χ3n) is 5.38. The van der Waals surface area contributed by atoms with Crippen molar-refractivity contribution >= 4 is 15.9 Å². The highest BCUT2D eigenvalue weighted by atomic mass is 32.2. The van der Waals surface area contributed by atoms with Crippen LogP contribution in [0.3, 0.4) is 0 Å². The fraction of sp³-hybridized carbons (Fsp3) is 0.435. The maximum absolute atomic E-state index is 12.6. The summed E-state index contributed by atoms with van der Waals surface area (Å²) in [6, 6.07) is 17.3. The van der Waals surface area contributed by atoms with Crippen LogP contribution in [-0.2, 0) is 27.7 Å². The predicted octanol–water partition coefficient (Wildman–Crippen LogP) is 3.54. The van der Waals surface area contributed by atoms with E-state index in [2.05, 4.69) is 17.4 Å². The highest BCUT2D eigenvalue weighted by Gasteiger charge is 2.26. The van der Waals surface area contributed by atoms with E-state index in [9.17, 15) is 13.2 Å². The molecule has 2 aromatic rings. The lowest BCUT2D eigenvalue weighted by Crippen LogP contribution is -2.33. The number of hydrogen-bond donors (Lipinski definition) is 1. The molecular formula is C23H30N2O3S. The van der Waals surface area contributed by atoms with Gasteiger partial charge in [-0.05, 0) is 62.3 Å². The number of amides is 1. The van der Waals surface area contributed by atoms with Gasteiger partial charge in [-0.1, -0.05) is 42.5 Å². The van der Waals surface area contributed by atoms with Gasteiger partial charge in [-0.3, -0.25) is 4.79 Å². The zero-order valence-electron chi connectivity index (χ0n) is 17.0. The lowest BCUT2D eigenvalue weighted by atomic mass is 10.1. The van der Waals surface area contributed by atoms with Crippen molar-refractivity contribution in [2.75, 3.05) is 13.1 Å². The summed E-state index contributed by atoms with van der Waals surface area (Å²) in [5.41, 5.74) is 2.25. The molecule has 0 bridgehead atoms. The van der Waals surface area contributed by atoms with Crippen molar-refractivity contribution in [2.45, 2.75) is 56.4 Å². The number of aryl methyl sites for hydroxylation is 2. The van der Waals surface area contributed by atoms with Crippen LogP contribution in [0.1, 0.15) is 43.7 Å². The molecule has 1 fully saturated rings. The maximum atomic E-state index is 12.6. The van der Waals surface area contributed by atoms with E-state index < -0.39 is 10.0 Å². The zero-order valence-corrected chi connectivity index (χ0v) is 17.8. The van der Waals surface area contributed by atoms with Crippen molar-refractivity contribution < 1.29 is 13.2 Å². The van der Waals surface area contributed by atoms with Crippen LogP contribution in [0, 0.1) is 0 Å². The second-order valence-corrected chi connectivity index (χ2v) is 9.69. The summed E-state index contributed by atoms with van der Waals surface area (Å²) in [7, 11) is -3.38. The Morgan fingerprint density at radius 2 is 1.59 bits per heavy atom. The molecule has 1 unspecified atom stereocenters. The van der Waals surface area contributed by atoms with Crippen molar-refractivity contribution in [3.05, 3.63) is 65.7 Å². The van der Waals surface area contributed by atoms with Crippen molar-refractivity contribution in [1.29, 1.82) is 0 Å². The number of carbonyl (C=O) groups excluding carboxylic acids is 1. The average molecular weight is 415 g/mol. The predicted molar refractivity (Wildman–Crippen MR) is 115 cm³/mol. The standard InChI is InChI=1S/C23H30N2O3S/c1-19(9-10-20-7-3-2-4-8-20)24-23(26)16-13-21-11-14-22(15-12-21)29(27,28)25-17-5-6-18-25/h2-4,7-8,11-12,14-15,19H,5-6,9-10,13,16-18H2,1H3,(H,24,26). The molecule has 3 rings (SSSR count). The minimum absolute atomic E-state index is 0.0272. The van der Waals surface area contributed by atoms with Gasteiger partial charge in [-0.2, -0.15) is 4.31 Å². The second-order valence-electron chi connectivity index (χ2n) is 7.75. The molecule has 0 saturated carbocycles. The maximum Gasteiger partial charge on any atom is 0.243 e. The number of nitrogens with zero attached hydrogens (tertiary/aromatic N) is 1. The molecule has 0 aliphatic carbocycles. The molecule has 2 aromatic carbocycles. The monoisotopic (exact) mass is 414 g/mol. The van der Waals surface area contributed by atoms with Crippen LogP contribution in [-0.4, -0.2) is 37.8 Å². The van der Waals surface area contributed by atoms with Crippen molar-refractivity contribution in [3.63, 3.8) is 0 Å². The summed E-state index contributed by atoms with van der Waals surface area (Å²) < 4.78 is 26.7. The van der Waals surface area contributed by atoms with Gasteiger partial charge >= 0.3 is 0 Å². The van der Waals surface area contributed by atoms with Gasteiger partial charge in [0.1, 0.15) is 0 Å². The van der Waals surface area contributed by atoms with E-state index in [1.54, 1.807) is 16.4 Å². The quantitative estimate of drug-likeness (QED) is 0.682. The Morgan fingerprint density at radius 3 is 2.24 bits per heavy atom. The SMILES string of the molecule is CC(CCc1ccccc1)NC(=O)CCc1ccc(S(=O)(=O)N2CCCC2)cc1. The van der Waals surface area contributed by atoms with Gasteiger partial charge in [0.05, 0.1) is 4.90 Å². The molecule has 0 aromatic heterocycles. The van der Waals surface area contributed by atoms with Crippen molar-refractivity contribution in [3.8, 4) is 0 Å². The normalized spacial score (nSPS) is 15.9. The molecule has 1 aliphatic rings. The smallest absolute Gasteiger partial charge is 0.243 e. The molecule has 1 atom stereocenters. The fourth-order valence-electron chi connectivity index (χ4n) is 3.61. The Hall–Kier alpha value is -2.18. The number of sulfonamides is 1. The first kappa shape index (κ1) is 21.5. The van der Waals surface area contributed by atoms with E-state index in [0.717, 1.165) is 31.2 Å². The van der Waals surface area contributed by atoms with Crippen molar-refractivity contribution in [2.24, 2.45) is 0 Å². The van der Waals surface area contributed by atoms with E-state index in [0.29, 0.717) is 30.8 Å². The van der Waals surface area contributed by atoms with E-state index >= 15 is 0 Å². The molecular weight excluding hydrogens is 384 g/mol. The Bertz CT molecular complexity index is 889. The molecule has 1 N–H and O–H groups in total. The summed E-state index contributed by atoms with van der Waals surface area (Å²) in [6.45, 7) is 3.23. The molecule has 29 heavy (non-hydrogen) atoms. The first-order valence-electron chi connectivity index (χ1n) is 10.4. The highest BCUT2D eigenvalue weighted by Crippen LogP contribution is 2.21. The van der Waals surface area contributed by atoms with Crippen molar-refractivity contribution in [1.82, 2.24) is 9.62 Å². The molecule has 5 nitrogen and oxygen atoms in total. The number of hydrogen-bond acceptors (Lipinski definition) is 3. The van der Waals surface area contributed by atoms with Crippen LogP contribution in [0.25, 0.3) is 0 Å². The zero-order chi connectivity index (χ0) is 20.7. The largest absolute Gasteiger partial charge is 0.354 e. The first-order valence-corrected chi connectivity index (χ1v) is 11.8. The average Bonchev–Trinajstić information content (AvgIpc) is 3.28. The lowest BCUT2D eigenvalue weighted by molar-refractivity contribution is -0.121. The first-order chi connectivity index (χ1) is 13.9. The third kappa shape index (κ3) is 6.15. The molecule has 1 aliphatic heterocycles. The van der Waals surface area contributed by atoms with Gasteiger partial charge < -0.3 is 5.32 Å². The van der Waals surface area contributed by atoms with E-state index in [-0.39, 0.29) is 11.9 Å². The van der Waals surface area contributed by atoms with Gasteiger partial charge in [0.15, 0.2) is 0 Å². The van der Waals surface area contributed by atoms with Crippen LogP contribution >= 0.6 is 0 Å². The Balaban J connectivity index is 1.44. The second kappa shape index (κ2) is 10.0. The number of rotatable bonds is 9. The summed E-state index contributed by atoms with van der Waals surface area (Å²) in [6.07, 6.45) is 4.69. The van der Waals surface area contributed by atoms with E-state index in [1.807, 2.05) is 37.3 Å². The summed E-state index contributed by atoms with van der Waals surface area (Å²) in [5.74, 6) is 0.0272. The van der Waals surface area contributed by atoms with Gasteiger partial charge in [-0.25, -0.2) is 8.42 Å². The minimum Gasteiger partial charge on any atom is -0.354 e. The third-order valence-corrected chi connectivity index (χ3v) is 7.30. The highest BCUT2D eigenvalue weighted by molar-refractivity contribution is 7.89. The van der Waals surface area contributed by atoms with Gasteiger partial charge in [0.2, 0.25) is 15.9 Å². The summed E-state index contributed by atoms with van der Waals surface area (Å²) in [4.78, 5) is 12.6. The van der Waals surface area contributed by atoms with Crippen LogP contribution in [0.5, 0.6) is 0 Å². The summed E-state index contributed by atoms with van der Waals surface area (Å²) >= 11 is 0. The molecule has 1 saturated heterocycles. The number of nitrogens with one attached hydrogen (secondary N) is 1. The van der Waals surface area contributed by atoms with E-state index in [4.69, 9.17) is 0 Å². The van der Waals surface area contributed by atoms with Crippen LogP contribution < -0.4 is 5.32 Å². The van der Waals surface area contributed by atoms with Gasteiger partial charge in [-0.15, -0.1) is 0 Å². The molecule has 156 valence electrons. The lowest BCUT2D eigenvalue weighted by Gasteiger charge is -2.16. The van der Waals surface area contributed by atoms with Crippen LogP contribution in [0.2, 0.25) is 0 Å². The number of benzene rings is 2. The van der Waals surface area contributed by atoms with Crippen LogP contribution in [0.4, 0.5) is 0 Å². The fourth-order valence-corrected chi connectivity index (χ4v) is 5.13. The number of carbonyl (C=O) groups is 1. The molecule has 0 radical (unpaired) electrons. The molecule has 6 heteroatoms. The minimum atomic E-state index is -3.38.